The van der Waals surface area contributed by atoms with Crippen LogP contribution < -0.4 is 0 Å². The van der Waals surface area contributed by atoms with Crippen LogP contribution in [0.2, 0.25) is 0 Å². The van der Waals surface area contributed by atoms with E-state index in [4.69, 9.17) is 11.6 Å². The molecule has 1 N–H and O–H groups in total. The molecule has 0 amide bonds. The van der Waals surface area contributed by atoms with E-state index in [2.05, 4.69) is 6.92 Å². The number of hydrogen-bond donors (Lipinski definition) is 1. The molecule has 1 aromatic carbocycles. The Bertz CT molecular complexity index is 443. The number of aryl methyl sites for hydroxylation is 1. The lowest BCUT2D eigenvalue weighted by molar-refractivity contribution is 0.108. The van der Waals surface area contributed by atoms with Crippen molar-refractivity contribution in [2.75, 3.05) is 0 Å². The van der Waals surface area contributed by atoms with E-state index in [-0.39, 0.29) is 5.75 Å². The monoisotopic (exact) mass is 324 g/mol. The van der Waals surface area contributed by atoms with Gasteiger partial charge in [0.25, 0.3) is 5.24 Å². The minimum absolute atomic E-state index is 0.119. The Morgan fingerprint density at radius 2 is 1.45 bits per heavy atom. The van der Waals surface area contributed by atoms with E-state index in [9.17, 15) is 9.90 Å². The van der Waals surface area contributed by atoms with E-state index in [1.165, 1.54) is 63.9 Å². The number of phenols is 1. The third kappa shape index (κ3) is 8.43. The van der Waals surface area contributed by atoms with Crippen LogP contribution in [0.1, 0.15) is 87.1 Å². The molecule has 0 bridgehead atoms. The molecule has 0 heterocycles. The zero-order valence-electron chi connectivity index (χ0n) is 13.7. The molecule has 0 aliphatic carbocycles. The molecule has 0 radical (unpaired) electrons. The second kappa shape index (κ2) is 11.5. The molecule has 22 heavy (non-hydrogen) atoms. The highest BCUT2D eigenvalue weighted by Gasteiger charge is 2.05. The Labute approximate surface area is 139 Å². The first-order chi connectivity index (χ1) is 10.6. The number of phenolic OH excluding ortho intramolecular Hbond substituents is 1. The minimum atomic E-state index is -0.514. The minimum Gasteiger partial charge on any atom is -0.508 e. The zero-order chi connectivity index (χ0) is 16.2. The second-order valence-electron chi connectivity index (χ2n) is 6.09. The summed E-state index contributed by atoms with van der Waals surface area (Å²) in [6.07, 6.45) is 13.9. The lowest BCUT2D eigenvalue weighted by Crippen LogP contribution is -1.93. The predicted molar refractivity (Wildman–Crippen MR) is 93.8 cm³/mol. The van der Waals surface area contributed by atoms with Crippen LogP contribution in [0.4, 0.5) is 0 Å². The van der Waals surface area contributed by atoms with Gasteiger partial charge in [0.15, 0.2) is 0 Å². The Morgan fingerprint density at radius 1 is 0.909 bits per heavy atom. The van der Waals surface area contributed by atoms with Gasteiger partial charge in [-0.25, -0.2) is 0 Å². The van der Waals surface area contributed by atoms with Gasteiger partial charge in [-0.2, -0.15) is 0 Å². The summed E-state index contributed by atoms with van der Waals surface area (Å²) in [5.41, 5.74) is 1.37. The summed E-state index contributed by atoms with van der Waals surface area (Å²) >= 11 is 5.46. The highest BCUT2D eigenvalue weighted by Crippen LogP contribution is 2.19. The number of unbranched alkanes of at least 4 members (excludes halogenated alkanes) is 9. The van der Waals surface area contributed by atoms with Gasteiger partial charge in [0.2, 0.25) is 0 Å². The zero-order valence-corrected chi connectivity index (χ0v) is 14.5. The van der Waals surface area contributed by atoms with E-state index < -0.39 is 5.24 Å². The number of aromatic hydroxyl groups is 1. The van der Waals surface area contributed by atoms with Gasteiger partial charge in [-0.05, 0) is 48.2 Å². The molecule has 0 aromatic heterocycles. The summed E-state index contributed by atoms with van der Waals surface area (Å²) < 4.78 is 0. The van der Waals surface area contributed by atoms with Crippen LogP contribution in [0.25, 0.3) is 0 Å². The molecular formula is C19H29ClO2. The van der Waals surface area contributed by atoms with Crippen molar-refractivity contribution in [1.82, 2.24) is 0 Å². The van der Waals surface area contributed by atoms with E-state index >= 15 is 0 Å². The van der Waals surface area contributed by atoms with E-state index in [1.807, 2.05) is 0 Å². The number of carbonyl (C=O) groups excluding carboxylic acids is 1. The van der Waals surface area contributed by atoms with Gasteiger partial charge in [0.05, 0.1) is 0 Å². The summed E-state index contributed by atoms with van der Waals surface area (Å²) in [6, 6.07) is 4.91. The maximum absolute atomic E-state index is 11.1. The van der Waals surface area contributed by atoms with Gasteiger partial charge >= 0.3 is 0 Å². The molecule has 124 valence electrons. The third-order valence-electron chi connectivity index (χ3n) is 4.02. The molecule has 0 atom stereocenters. The van der Waals surface area contributed by atoms with Crippen LogP contribution in [-0.4, -0.2) is 10.3 Å². The molecule has 3 heteroatoms. The van der Waals surface area contributed by atoms with Crippen molar-refractivity contribution in [2.45, 2.75) is 77.6 Å². The fraction of sp³-hybridized carbons (Fsp3) is 0.632. The van der Waals surface area contributed by atoms with E-state index in [0.717, 1.165) is 18.4 Å². The SMILES string of the molecule is CCCCCCCCCCCCc1cc(O)cc(C(=O)Cl)c1. The summed E-state index contributed by atoms with van der Waals surface area (Å²) in [7, 11) is 0. The average molecular weight is 325 g/mol. The van der Waals surface area contributed by atoms with Crippen LogP contribution in [0, 0.1) is 0 Å². The molecule has 0 aliphatic rings. The van der Waals surface area contributed by atoms with Crippen molar-refractivity contribution < 1.29 is 9.90 Å². The summed E-state index contributed by atoms with van der Waals surface area (Å²) in [4.78, 5) is 11.1. The van der Waals surface area contributed by atoms with Crippen LogP contribution in [0.15, 0.2) is 18.2 Å². The fourth-order valence-electron chi connectivity index (χ4n) is 2.75. The highest BCUT2D eigenvalue weighted by atomic mass is 35.5. The Hall–Kier alpha value is -1.02. The molecule has 2 nitrogen and oxygen atoms in total. The van der Waals surface area contributed by atoms with Crippen molar-refractivity contribution in [1.29, 1.82) is 0 Å². The predicted octanol–water partition coefficient (Wildman–Crippen LogP) is 6.23. The lowest BCUT2D eigenvalue weighted by Gasteiger charge is -2.05. The van der Waals surface area contributed by atoms with Crippen LogP contribution >= 0.6 is 11.6 Å². The molecule has 0 unspecified atom stereocenters. The Kier molecular flexibility index (Phi) is 9.98. The van der Waals surface area contributed by atoms with Crippen molar-refractivity contribution >= 4 is 16.8 Å². The second-order valence-corrected chi connectivity index (χ2v) is 6.44. The quantitative estimate of drug-likeness (QED) is 0.365. The van der Waals surface area contributed by atoms with Gasteiger partial charge in [-0.15, -0.1) is 0 Å². The molecule has 1 aromatic rings. The van der Waals surface area contributed by atoms with E-state index in [1.54, 1.807) is 12.1 Å². The number of rotatable bonds is 12. The normalized spacial score (nSPS) is 10.8. The molecule has 1 rings (SSSR count). The van der Waals surface area contributed by atoms with Crippen molar-refractivity contribution in [3.05, 3.63) is 29.3 Å². The summed E-state index contributed by atoms with van der Waals surface area (Å²) in [5.74, 6) is 0.119. The molecule has 0 fully saturated rings. The number of hydrogen-bond acceptors (Lipinski definition) is 2. The highest BCUT2D eigenvalue weighted by molar-refractivity contribution is 6.67. The van der Waals surface area contributed by atoms with Gasteiger partial charge in [0.1, 0.15) is 5.75 Å². The molecule has 0 spiro atoms. The van der Waals surface area contributed by atoms with Gasteiger partial charge in [0, 0.05) is 5.56 Å². The number of carbonyl (C=O) groups is 1. The topological polar surface area (TPSA) is 37.3 Å². The standard InChI is InChI=1S/C19H29ClO2/c1-2-3-4-5-6-7-8-9-10-11-12-16-13-17(19(20)22)15-18(21)14-16/h13-15,21H,2-12H2,1H3. The third-order valence-corrected chi connectivity index (χ3v) is 4.24. The average Bonchev–Trinajstić information content (AvgIpc) is 2.48. The maximum Gasteiger partial charge on any atom is 0.252 e. The first-order valence-electron chi connectivity index (χ1n) is 8.66. The molecule has 0 saturated heterocycles. The van der Waals surface area contributed by atoms with Crippen LogP contribution in [0.5, 0.6) is 5.75 Å². The first-order valence-corrected chi connectivity index (χ1v) is 9.04. The Morgan fingerprint density at radius 3 is 2.00 bits per heavy atom. The lowest BCUT2D eigenvalue weighted by atomic mass is 10.0. The van der Waals surface area contributed by atoms with E-state index in [0.29, 0.717) is 5.56 Å². The van der Waals surface area contributed by atoms with Crippen LogP contribution in [0.3, 0.4) is 0 Å². The van der Waals surface area contributed by atoms with Crippen molar-refractivity contribution in [3.63, 3.8) is 0 Å². The smallest absolute Gasteiger partial charge is 0.252 e. The molecule has 0 saturated carbocycles. The molecular weight excluding hydrogens is 296 g/mol. The maximum atomic E-state index is 11.1. The van der Waals surface area contributed by atoms with Gasteiger partial charge in [-0.1, -0.05) is 64.7 Å². The summed E-state index contributed by atoms with van der Waals surface area (Å²) in [6.45, 7) is 2.25. The largest absolute Gasteiger partial charge is 0.508 e. The van der Waals surface area contributed by atoms with Crippen LogP contribution in [-0.2, 0) is 6.42 Å². The first kappa shape index (κ1) is 19.0. The van der Waals surface area contributed by atoms with Crippen molar-refractivity contribution in [3.8, 4) is 5.75 Å². The fourth-order valence-corrected chi connectivity index (χ4v) is 2.86. The van der Waals surface area contributed by atoms with Crippen molar-refractivity contribution in [2.24, 2.45) is 0 Å². The number of halogens is 1. The van der Waals surface area contributed by atoms with Gasteiger partial charge in [-0.3, -0.25) is 4.79 Å². The summed E-state index contributed by atoms with van der Waals surface area (Å²) in [5, 5.41) is 9.08. The Balaban J connectivity index is 2.11. The number of benzene rings is 1. The molecule has 0 aliphatic heterocycles. The van der Waals surface area contributed by atoms with Gasteiger partial charge < -0.3 is 5.11 Å².